The predicted molar refractivity (Wildman–Crippen MR) is 69.8 cm³/mol. The van der Waals surface area contributed by atoms with Gasteiger partial charge in [0.2, 0.25) is 0 Å². The van der Waals surface area contributed by atoms with Crippen molar-refractivity contribution < 1.29 is 8.95 Å². The fraction of sp³-hybridized carbons (Fsp3) is 0.538. The highest BCUT2D eigenvalue weighted by molar-refractivity contribution is 7.86. The van der Waals surface area contributed by atoms with Crippen molar-refractivity contribution in [2.45, 2.75) is 30.0 Å². The molecule has 0 saturated heterocycles. The van der Waals surface area contributed by atoms with Crippen LogP contribution in [-0.2, 0) is 10.8 Å². The zero-order valence-electron chi connectivity index (χ0n) is 10.7. The van der Waals surface area contributed by atoms with Crippen molar-refractivity contribution in [1.82, 2.24) is 5.32 Å². The average Bonchev–Trinajstić information content (AvgIpc) is 2.36. The topological polar surface area (TPSA) is 38.3 Å². The number of nitrogens with one attached hydrogen (secondary N) is 1. The first-order valence-corrected chi connectivity index (χ1v) is 7.07. The van der Waals surface area contributed by atoms with Crippen LogP contribution in [0.25, 0.3) is 0 Å². The molecule has 0 aliphatic carbocycles. The molecule has 0 bridgehead atoms. The molecule has 4 atom stereocenters. The highest BCUT2D eigenvalue weighted by Gasteiger charge is 2.37. The first-order valence-electron chi connectivity index (χ1n) is 5.86. The van der Waals surface area contributed by atoms with Crippen molar-refractivity contribution in [1.29, 1.82) is 0 Å². The van der Waals surface area contributed by atoms with Crippen molar-refractivity contribution in [3.8, 4) is 5.75 Å². The van der Waals surface area contributed by atoms with E-state index in [0.717, 1.165) is 16.2 Å². The van der Waals surface area contributed by atoms with Crippen LogP contribution in [0.15, 0.2) is 23.1 Å². The molecule has 1 aromatic rings. The summed E-state index contributed by atoms with van der Waals surface area (Å²) in [7, 11) is 2.59. The number of hydrogen-bond acceptors (Lipinski definition) is 3. The summed E-state index contributed by atoms with van der Waals surface area (Å²) in [5.74, 6) is 1.08. The van der Waals surface area contributed by atoms with E-state index < -0.39 is 10.8 Å². The summed E-state index contributed by atoms with van der Waals surface area (Å²) in [5.41, 5.74) is 1.11. The van der Waals surface area contributed by atoms with Crippen LogP contribution in [0, 0.1) is 5.92 Å². The molecule has 0 aromatic heterocycles. The fourth-order valence-electron chi connectivity index (χ4n) is 2.51. The van der Waals surface area contributed by atoms with Gasteiger partial charge in [-0.2, -0.15) is 0 Å². The molecule has 1 aliphatic rings. The SMILES string of the molecule is CNC1c2cccc(OC)c2S(=O)C(C)C1C. The number of fused-ring (bicyclic) bond motifs is 1. The van der Waals surface area contributed by atoms with E-state index >= 15 is 0 Å². The molecular formula is C13H19NO2S. The van der Waals surface area contributed by atoms with Gasteiger partial charge in [0.05, 0.1) is 22.8 Å². The average molecular weight is 253 g/mol. The molecule has 4 heteroatoms. The number of methoxy groups -OCH3 is 1. The van der Waals surface area contributed by atoms with Gasteiger partial charge < -0.3 is 10.1 Å². The Labute approximate surface area is 105 Å². The molecule has 0 amide bonds. The highest BCUT2D eigenvalue weighted by Crippen LogP contribution is 2.41. The van der Waals surface area contributed by atoms with Crippen LogP contribution in [0.5, 0.6) is 5.75 Å². The van der Waals surface area contributed by atoms with Gasteiger partial charge in [-0.25, -0.2) is 0 Å². The Morgan fingerprint density at radius 3 is 2.65 bits per heavy atom. The zero-order chi connectivity index (χ0) is 12.6. The molecule has 0 fully saturated rings. The second-order valence-corrected chi connectivity index (χ2v) is 6.25. The van der Waals surface area contributed by atoms with Crippen molar-refractivity contribution in [3.63, 3.8) is 0 Å². The molecule has 1 N–H and O–H groups in total. The molecule has 0 saturated carbocycles. The molecule has 17 heavy (non-hydrogen) atoms. The Kier molecular flexibility index (Phi) is 3.54. The van der Waals surface area contributed by atoms with Crippen LogP contribution in [0.3, 0.4) is 0 Å². The minimum absolute atomic E-state index is 0.135. The highest BCUT2D eigenvalue weighted by atomic mass is 32.2. The lowest BCUT2D eigenvalue weighted by atomic mass is 9.91. The number of rotatable bonds is 2. The Morgan fingerprint density at radius 2 is 2.06 bits per heavy atom. The lowest BCUT2D eigenvalue weighted by Crippen LogP contribution is -2.37. The molecule has 1 aliphatic heterocycles. The van der Waals surface area contributed by atoms with E-state index in [4.69, 9.17) is 4.74 Å². The maximum atomic E-state index is 12.5. The van der Waals surface area contributed by atoms with Crippen LogP contribution in [-0.4, -0.2) is 23.6 Å². The standard InChI is InChI=1S/C13H19NO2S/c1-8-9(2)17(15)13-10(12(8)14-3)6-5-7-11(13)16-4/h5-9,12,14H,1-4H3. The Hall–Kier alpha value is -0.870. The van der Waals surface area contributed by atoms with E-state index in [1.54, 1.807) is 7.11 Å². The fourth-order valence-corrected chi connectivity index (χ4v) is 4.20. The third-order valence-electron chi connectivity index (χ3n) is 3.68. The van der Waals surface area contributed by atoms with Gasteiger partial charge in [0.15, 0.2) is 0 Å². The molecular weight excluding hydrogens is 234 g/mol. The molecule has 4 unspecified atom stereocenters. The van der Waals surface area contributed by atoms with E-state index in [1.807, 2.05) is 32.2 Å². The number of benzene rings is 1. The number of hydrogen-bond donors (Lipinski definition) is 1. The van der Waals surface area contributed by atoms with Gasteiger partial charge in [0.1, 0.15) is 5.75 Å². The lowest BCUT2D eigenvalue weighted by Gasteiger charge is -2.35. The van der Waals surface area contributed by atoms with Gasteiger partial charge >= 0.3 is 0 Å². The summed E-state index contributed by atoms with van der Waals surface area (Å²) in [4.78, 5) is 0.861. The minimum atomic E-state index is -0.989. The van der Waals surface area contributed by atoms with Gasteiger partial charge in [-0.05, 0) is 24.6 Å². The monoisotopic (exact) mass is 253 g/mol. The van der Waals surface area contributed by atoms with Crippen molar-refractivity contribution in [2.24, 2.45) is 5.92 Å². The lowest BCUT2D eigenvalue weighted by molar-refractivity contribution is 0.369. The predicted octanol–water partition coefficient (Wildman–Crippen LogP) is 2.10. The molecule has 94 valence electrons. The summed E-state index contributed by atoms with van der Waals surface area (Å²) in [6, 6.07) is 6.13. The Balaban J connectivity index is 2.62. The van der Waals surface area contributed by atoms with Gasteiger partial charge in [-0.1, -0.05) is 26.0 Å². The van der Waals surface area contributed by atoms with Crippen molar-refractivity contribution in [3.05, 3.63) is 23.8 Å². The van der Waals surface area contributed by atoms with E-state index in [9.17, 15) is 4.21 Å². The van der Waals surface area contributed by atoms with Crippen molar-refractivity contribution >= 4 is 10.8 Å². The van der Waals surface area contributed by atoms with E-state index in [-0.39, 0.29) is 11.3 Å². The zero-order valence-corrected chi connectivity index (χ0v) is 11.5. The molecule has 1 aromatic carbocycles. The van der Waals surface area contributed by atoms with Crippen LogP contribution in [0.4, 0.5) is 0 Å². The molecule has 3 nitrogen and oxygen atoms in total. The van der Waals surface area contributed by atoms with Gasteiger partial charge in [-0.3, -0.25) is 4.21 Å². The van der Waals surface area contributed by atoms with Gasteiger partial charge in [0.25, 0.3) is 0 Å². The minimum Gasteiger partial charge on any atom is -0.495 e. The Morgan fingerprint density at radius 1 is 1.35 bits per heavy atom. The second kappa shape index (κ2) is 4.78. The third-order valence-corrected chi connectivity index (χ3v) is 5.62. The summed E-state index contributed by atoms with van der Waals surface area (Å²) in [6.07, 6.45) is 0. The van der Waals surface area contributed by atoms with Gasteiger partial charge in [-0.15, -0.1) is 0 Å². The first-order chi connectivity index (χ1) is 8.11. The largest absolute Gasteiger partial charge is 0.495 e. The second-order valence-electron chi connectivity index (χ2n) is 4.51. The molecule has 2 rings (SSSR count). The molecule has 1 heterocycles. The molecule has 0 radical (unpaired) electrons. The van der Waals surface area contributed by atoms with Crippen LogP contribution in [0.2, 0.25) is 0 Å². The summed E-state index contributed by atoms with van der Waals surface area (Å²) >= 11 is 0. The quantitative estimate of drug-likeness (QED) is 0.877. The maximum absolute atomic E-state index is 12.5. The maximum Gasteiger partial charge on any atom is 0.135 e. The van der Waals surface area contributed by atoms with E-state index in [1.165, 1.54) is 0 Å². The van der Waals surface area contributed by atoms with Crippen molar-refractivity contribution in [2.75, 3.05) is 14.2 Å². The van der Waals surface area contributed by atoms with E-state index in [0.29, 0.717) is 5.92 Å². The smallest absolute Gasteiger partial charge is 0.135 e. The Bertz CT molecular complexity index is 447. The van der Waals surface area contributed by atoms with Gasteiger partial charge in [0, 0.05) is 11.3 Å². The van der Waals surface area contributed by atoms with Crippen LogP contribution >= 0.6 is 0 Å². The third kappa shape index (κ3) is 1.89. The van der Waals surface area contributed by atoms with E-state index in [2.05, 4.69) is 12.2 Å². The summed E-state index contributed by atoms with van der Waals surface area (Å²) < 4.78 is 17.8. The summed E-state index contributed by atoms with van der Waals surface area (Å²) in [5, 5.41) is 3.46. The molecule has 0 spiro atoms. The normalized spacial score (nSPS) is 32.0. The van der Waals surface area contributed by atoms with Crippen LogP contribution < -0.4 is 10.1 Å². The first kappa shape index (κ1) is 12.6. The summed E-state index contributed by atoms with van der Waals surface area (Å²) in [6.45, 7) is 4.19. The number of ether oxygens (including phenoxy) is 1. The van der Waals surface area contributed by atoms with Crippen LogP contribution in [0.1, 0.15) is 25.5 Å².